The summed E-state index contributed by atoms with van der Waals surface area (Å²) in [5.74, 6) is 0. The van der Waals surface area contributed by atoms with E-state index in [9.17, 15) is 0 Å². The number of hydrogen-bond acceptors (Lipinski definition) is 3. The van der Waals surface area contributed by atoms with Crippen LogP contribution in [0.2, 0.25) is 0 Å². The first-order valence-corrected chi connectivity index (χ1v) is 9.14. The third kappa shape index (κ3) is 3.28. The van der Waals surface area contributed by atoms with Crippen molar-refractivity contribution < 1.29 is 0 Å². The fourth-order valence-corrected chi connectivity index (χ4v) is 3.32. The van der Waals surface area contributed by atoms with Gasteiger partial charge in [-0.2, -0.15) is 0 Å². The molecule has 4 rings (SSSR count). The lowest BCUT2D eigenvalue weighted by Crippen LogP contribution is -2.10. The Morgan fingerprint density at radius 2 is 1.48 bits per heavy atom. The lowest BCUT2D eigenvalue weighted by Gasteiger charge is -2.19. The van der Waals surface area contributed by atoms with Gasteiger partial charge in [0.2, 0.25) is 0 Å². The Kier molecular flexibility index (Phi) is 4.15. The van der Waals surface area contributed by atoms with E-state index in [0.29, 0.717) is 0 Å². The summed E-state index contributed by atoms with van der Waals surface area (Å²) in [6.07, 6.45) is 1.61. The van der Waals surface area contributed by atoms with Crippen molar-refractivity contribution in [2.75, 3.05) is 5.73 Å². The molecule has 0 atom stereocenters. The van der Waals surface area contributed by atoms with Crippen LogP contribution in [-0.2, 0) is 5.41 Å². The minimum Gasteiger partial charge on any atom is -0.398 e. The normalized spacial score (nSPS) is 11.7. The Labute approximate surface area is 159 Å². The number of rotatable bonds is 2. The maximum absolute atomic E-state index is 6.45. The number of nitrogens with two attached hydrogens (primary N) is 1. The largest absolute Gasteiger partial charge is 0.398 e. The summed E-state index contributed by atoms with van der Waals surface area (Å²) in [5.41, 5.74) is 12.4. The van der Waals surface area contributed by atoms with Crippen molar-refractivity contribution in [1.29, 1.82) is 0 Å². The van der Waals surface area contributed by atoms with E-state index in [4.69, 9.17) is 5.73 Å². The van der Waals surface area contributed by atoms with Crippen molar-refractivity contribution in [2.45, 2.75) is 26.2 Å². The summed E-state index contributed by atoms with van der Waals surface area (Å²) >= 11 is 0. The molecule has 3 nitrogen and oxygen atoms in total. The molecule has 0 fully saturated rings. The van der Waals surface area contributed by atoms with Crippen molar-refractivity contribution >= 4 is 16.5 Å². The molecule has 4 aromatic rings. The molecule has 0 unspecified atom stereocenters. The van der Waals surface area contributed by atoms with Crippen LogP contribution in [0.1, 0.15) is 26.3 Å². The molecule has 0 bridgehead atoms. The van der Waals surface area contributed by atoms with E-state index < -0.39 is 0 Å². The minimum atomic E-state index is 0.134. The van der Waals surface area contributed by atoms with Crippen molar-refractivity contribution in [1.82, 2.24) is 9.97 Å². The maximum Gasteiger partial charge on any atom is 0.116 e. The molecule has 2 N–H and O–H groups in total. The summed E-state index contributed by atoms with van der Waals surface area (Å²) in [6.45, 7) is 6.65. The van der Waals surface area contributed by atoms with Gasteiger partial charge >= 0.3 is 0 Å². The fraction of sp³-hybridized carbons (Fsp3) is 0.167. The number of nitrogen functional groups attached to an aromatic ring is 1. The quantitative estimate of drug-likeness (QED) is 0.460. The van der Waals surface area contributed by atoms with Gasteiger partial charge < -0.3 is 5.73 Å². The third-order valence-corrected chi connectivity index (χ3v) is 4.96. The van der Waals surface area contributed by atoms with Crippen molar-refractivity contribution in [3.63, 3.8) is 0 Å². The average molecular weight is 353 g/mol. The second-order valence-electron chi connectivity index (χ2n) is 7.86. The number of nitrogens with zero attached hydrogens (tertiary/aromatic N) is 2. The SMILES string of the molecule is CC(C)(C)c1ccc(-c2cc(-c3ccc4ccccc4c3N)ncn2)cc1. The highest BCUT2D eigenvalue weighted by Crippen LogP contribution is 2.33. The van der Waals surface area contributed by atoms with Crippen LogP contribution in [0.4, 0.5) is 5.69 Å². The summed E-state index contributed by atoms with van der Waals surface area (Å²) in [5, 5.41) is 2.18. The lowest BCUT2D eigenvalue weighted by molar-refractivity contribution is 0.590. The Morgan fingerprint density at radius 1 is 0.778 bits per heavy atom. The molecular formula is C24H23N3. The number of fused-ring (bicyclic) bond motifs is 1. The summed E-state index contributed by atoms with van der Waals surface area (Å²) in [4.78, 5) is 8.94. The standard InChI is InChI=1S/C24H23N3/c1-24(2,3)18-11-8-17(9-12-18)21-14-22(27-15-26-21)20-13-10-16-6-4-5-7-19(16)23(20)25/h4-15H,25H2,1-3H3. The predicted molar refractivity (Wildman–Crippen MR) is 114 cm³/mol. The zero-order valence-electron chi connectivity index (χ0n) is 15.9. The summed E-state index contributed by atoms with van der Waals surface area (Å²) in [7, 11) is 0. The Bertz CT molecular complexity index is 1110. The van der Waals surface area contributed by atoms with Gasteiger partial charge in [-0.15, -0.1) is 0 Å². The molecule has 0 aliphatic carbocycles. The van der Waals surface area contributed by atoms with Gasteiger partial charge in [0.15, 0.2) is 0 Å². The van der Waals surface area contributed by atoms with Crippen LogP contribution >= 0.6 is 0 Å². The first-order chi connectivity index (χ1) is 12.9. The van der Waals surface area contributed by atoms with Crippen molar-refractivity contribution in [3.8, 4) is 22.5 Å². The first-order valence-electron chi connectivity index (χ1n) is 9.14. The molecule has 134 valence electrons. The minimum absolute atomic E-state index is 0.134. The predicted octanol–water partition coefficient (Wildman–Crippen LogP) is 5.84. The maximum atomic E-state index is 6.45. The number of hydrogen-bond donors (Lipinski definition) is 1. The second kappa shape index (κ2) is 6.51. The fourth-order valence-electron chi connectivity index (χ4n) is 3.32. The molecule has 0 saturated carbocycles. The highest BCUT2D eigenvalue weighted by Gasteiger charge is 2.14. The highest BCUT2D eigenvalue weighted by atomic mass is 14.8. The van der Waals surface area contributed by atoms with Gasteiger partial charge in [0.05, 0.1) is 11.4 Å². The van der Waals surface area contributed by atoms with Crippen LogP contribution in [0.15, 0.2) is 73.1 Å². The van der Waals surface area contributed by atoms with Crippen LogP contribution in [0.25, 0.3) is 33.3 Å². The zero-order valence-corrected chi connectivity index (χ0v) is 15.9. The molecular weight excluding hydrogens is 330 g/mol. The molecule has 27 heavy (non-hydrogen) atoms. The smallest absolute Gasteiger partial charge is 0.116 e. The molecule has 0 amide bonds. The Morgan fingerprint density at radius 3 is 2.22 bits per heavy atom. The Hall–Kier alpha value is -3.20. The van der Waals surface area contributed by atoms with Gasteiger partial charge in [0, 0.05) is 22.2 Å². The highest BCUT2D eigenvalue weighted by molar-refractivity contribution is 6.00. The van der Waals surface area contributed by atoms with Crippen LogP contribution in [0, 0.1) is 0 Å². The summed E-state index contributed by atoms with van der Waals surface area (Å²) in [6, 6.07) is 22.8. The lowest BCUT2D eigenvalue weighted by atomic mass is 9.86. The van der Waals surface area contributed by atoms with E-state index in [1.54, 1.807) is 6.33 Å². The van der Waals surface area contributed by atoms with Crippen molar-refractivity contribution in [3.05, 3.63) is 78.6 Å². The average Bonchev–Trinajstić information content (AvgIpc) is 2.68. The number of anilines is 1. The van der Waals surface area contributed by atoms with Crippen LogP contribution < -0.4 is 5.73 Å². The molecule has 0 saturated heterocycles. The molecule has 3 heteroatoms. The van der Waals surface area contributed by atoms with E-state index in [0.717, 1.165) is 39.0 Å². The van der Waals surface area contributed by atoms with Crippen molar-refractivity contribution in [2.24, 2.45) is 0 Å². The number of benzene rings is 3. The third-order valence-electron chi connectivity index (χ3n) is 4.96. The van der Waals surface area contributed by atoms with E-state index >= 15 is 0 Å². The van der Waals surface area contributed by atoms with Crippen LogP contribution in [0.3, 0.4) is 0 Å². The molecule has 0 spiro atoms. The van der Waals surface area contributed by atoms with E-state index in [1.807, 2.05) is 30.3 Å². The van der Waals surface area contributed by atoms with E-state index in [2.05, 4.69) is 67.1 Å². The van der Waals surface area contributed by atoms with Crippen LogP contribution in [-0.4, -0.2) is 9.97 Å². The van der Waals surface area contributed by atoms with Gasteiger partial charge in [-0.3, -0.25) is 0 Å². The molecule has 3 aromatic carbocycles. The van der Waals surface area contributed by atoms with Gasteiger partial charge in [-0.1, -0.05) is 81.4 Å². The molecule has 0 radical (unpaired) electrons. The Balaban J connectivity index is 1.76. The molecule has 0 aliphatic heterocycles. The summed E-state index contributed by atoms with van der Waals surface area (Å²) < 4.78 is 0. The molecule has 1 aromatic heterocycles. The van der Waals surface area contributed by atoms with Crippen LogP contribution in [0.5, 0.6) is 0 Å². The zero-order chi connectivity index (χ0) is 19.0. The second-order valence-corrected chi connectivity index (χ2v) is 7.86. The molecule has 1 heterocycles. The first kappa shape index (κ1) is 17.2. The van der Waals surface area contributed by atoms with Gasteiger partial charge in [0.25, 0.3) is 0 Å². The van der Waals surface area contributed by atoms with Gasteiger partial charge in [-0.05, 0) is 22.4 Å². The van der Waals surface area contributed by atoms with E-state index in [1.165, 1.54) is 5.56 Å². The van der Waals surface area contributed by atoms with E-state index in [-0.39, 0.29) is 5.41 Å². The molecule has 0 aliphatic rings. The van der Waals surface area contributed by atoms with Gasteiger partial charge in [0.1, 0.15) is 6.33 Å². The monoisotopic (exact) mass is 353 g/mol. The number of aromatic nitrogens is 2. The van der Waals surface area contributed by atoms with Gasteiger partial charge in [-0.25, -0.2) is 9.97 Å². The topological polar surface area (TPSA) is 51.8 Å².